The first-order valence-electron chi connectivity index (χ1n) is 6.74. The predicted octanol–water partition coefficient (Wildman–Crippen LogP) is 3.81. The Kier molecular flexibility index (Phi) is 3.72. The van der Waals surface area contributed by atoms with Gasteiger partial charge in [-0.1, -0.05) is 44.9 Å². The normalized spacial score (nSPS) is 21.7. The van der Waals surface area contributed by atoms with Crippen molar-refractivity contribution in [2.24, 2.45) is 5.73 Å². The van der Waals surface area contributed by atoms with Gasteiger partial charge in [-0.3, -0.25) is 0 Å². The Morgan fingerprint density at radius 1 is 1.24 bits per heavy atom. The van der Waals surface area contributed by atoms with Gasteiger partial charge in [0.15, 0.2) is 0 Å². The average molecular weight is 233 g/mol. The van der Waals surface area contributed by atoms with Crippen LogP contribution in [0, 0.1) is 0 Å². The van der Waals surface area contributed by atoms with Crippen LogP contribution in [-0.4, -0.2) is 5.60 Å². The van der Waals surface area contributed by atoms with Gasteiger partial charge >= 0.3 is 0 Å². The molecule has 0 radical (unpaired) electrons. The van der Waals surface area contributed by atoms with Gasteiger partial charge < -0.3 is 10.5 Å². The molecule has 2 rings (SSSR count). The molecular formula is C15H23NO. The summed E-state index contributed by atoms with van der Waals surface area (Å²) in [6.07, 6.45) is 5.45. The van der Waals surface area contributed by atoms with Gasteiger partial charge in [0.05, 0.1) is 0 Å². The van der Waals surface area contributed by atoms with Crippen LogP contribution in [0.1, 0.15) is 57.6 Å². The van der Waals surface area contributed by atoms with Crippen molar-refractivity contribution in [1.29, 1.82) is 0 Å². The molecular weight excluding hydrogens is 210 g/mol. The molecule has 94 valence electrons. The largest absolute Gasteiger partial charge is 0.487 e. The molecule has 0 amide bonds. The van der Waals surface area contributed by atoms with Crippen molar-refractivity contribution in [1.82, 2.24) is 0 Å². The number of fused-ring (bicyclic) bond motifs is 1. The summed E-state index contributed by atoms with van der Waals surface area (Å²) in [5, 5.41) is 0. The Morgan fingerprint density at radius 3 is 2.53 bits per heavy atom. The van der Waals surface area contributed by atoms with Crippen LogP contribution in [0.4, 0.5) is 0 Å². The van der Waals surface area contributed by atoms with Crippen LogP contribution in [0.3, 0.4) is 0 Å². The number of para-hydroxylation sites is 1. The highest BCUT2D eigenvalue weighted by molar-refractivity contribution is 5.38. The van der Waals surface area contributed by atoms with Gasteiger partial charge in [0.1, 0.15) is 11.4 Å². The second-order valence-corrected chi connectivity index (χ2v) is 5.13. The van der Waals surface area contributed by atoms with Crippen molar-refractivity contribution in [2.45, 2.75) is 57.6 Å². The lowest BCUT2D eigenvalue weighted by Gasteiger charge is -2.41. The molecule has 2 N–H and O–H groups in total. The van der Waals surface area contributed by atoms with Crippen molar-refractivity contribution in [2.75, 3.05) is 0 Å². The summed E-state index contributed by atoms with van der Waals surface area (Å²) in [5.41, 5.74) is 7.43. The molecule has 1 aromatic carbocycles. The van der Waals surface area contributed by atoms with E-state index in [2.05, 4.69) is 26.0 Å². The third-order valence-corrected chi connectivity index (χ3v) is 3.65. The predicted molar refractivity (Wildman–Crippen MR) is 71.2 cm³/mol. The fraction of sp³-hybridized carbons (Fsp3) is 0.600. The first kappa shape index (κ1) is 12.4. The number of benzene rings is 1. The van der Waals surface area contributed by atoms with Crippen LogP contribution >= 0.6 is 0 Å². The van der Waals surface area contributed by atoms with E-state index in [0.717, 1.165) is 43.4 Å². The minimum atomic E-state index is -0.0305. The van der Waals surface area contributed by atoms with Gasteiger partial charge in [0, 0.05) is 18.0 Å². The number of hydrogen-bond donors (Lipinski definition) is 1. The van der Waals surface area contributed by atoms with E-state index < -0.39 is 0 Å². The van der Waals surface area contributed by atoms with Gasteiger partial charge in [0.25, 0.3) is 0 Å². The summed E-state index contributed by atoms with van der Waals surface area (Å²) in [6.45, 7) is 4.43. The maximum atomic E-state index is 6.30. The molecule has 1 aromatic rings. The summed E-state index contributed by atoms with van der Waals surface area (Å²) in [5.74, 6) is 0.994. The molecule has 0 aromatic heterocycles. The SMILES string of the molecule is CCCC1(CCC)C[C@@H](N)c2ccccc2O1. The minimum absolute atomic E-state index is 0.0305. The molecule has 1 aliphatic rings. The minimum Gasteiger partial charge on any atom is -0.487 e. The Labute approximate surface area is 104 Å². The Bertz CT molecular complexity index is 369. The van der Waals surface area contributed by atoms with E-state index in [4.69, 9.17) is 10.5 Å². The molecule has 0 saturated heterocycles. The Balaban J connectivity index is 2.29. The summed E-state index contributed by atoms with van der Waals surface area (Å²) < 4.78 is 6.29. The Morgan fingerprint density at radius 2 is 1.88 bits per heavy atom. The summed E-state index contributed by atoms with van der Waals surface area (Å²) in [7, 11) is 0. The highest BCUT2D eigenvalue weighted by Crippen LogP contribution is 2.42. The Hall–Kier alpha value is -1.02. The molecule has 0 fully saturated rings. The maximum Gasteiger partial charge on any atom is 0.124 e. The van der Waals surface area contributed by atoms with E-state index in [0.29, 0.717) is 0 Å². The highest BCUT2D eigenvalue weighted by atomic mass is 16.5. The quantitative estimate of drug-likeness (QED) is 0.858. The van der Waals surface area contributed by atoms with Crippen molar-refractivity contribution in [3.05, 3.63) is 29.8 Å². The number of nitrogens with two attached hydrogens (primary N) is 1. The first-order valence-corrected chi connectivity index (χ1v) is 6.74. The highest BCUT2D eigenvalue weighted by Gasteiger charge is 2.38. The van der Waals surface area contributed by atoms with E-state index in [1.54, 1.807) is 0 Å². The number of hydrogen-bond acceptors (Lipinski definition) is 2. The molecule has 1 aliphatic heterocycles. The molecule has 1 heterocycles. The molecule has 2 heteroatoms. The van der Waals surface area contributed by atoms with Crippen molar-refractivity contribution in [3.63, 3.8) is 0 Å². The van der Waals surface area contributed by atoms with Crippen LogP contribution in [-0.2, 0) is 0 Å². The van der Waals surface area contributed by atoms with E-state index in [1.807, 2.05) is 12.1 Å². The molecule has 0 unspecified atom stereocenters. The molecule has 1 atom stereocenters. The zero-order chi connectivity index (χ0) is 12.3. The van der Waals surface area contributed by atoms with Crippen molar-refractivity contribution >= 4 is 0 Å². The lowest BCUT2D eigenvalue weighted by atomic mass is 9.81. The van der Waals surface area contributed by atoms with Crippen LogP contribution in [0.15, 0.2) is 24.3 Å². The third-order valence-electron chi connectivity index (χ3n) is 3.65. The van der Waals surface area contributed by atoms with Crippen LogP contribution in [0.5, 0.6) is 5.75 Å². The average Bonchev–Trinajstić information content (AvgIpc) is 2.29. The van der Waals surface area contributed by atoms with Crippen molar-refractivity contribution in [3.8, 4) is 5.75 Å². The number of rotatable bonds is 4. The molecule has 17 heavy (non-hydrogen) atoms. The molecule has 0 bridgehead atoms. The second-order valence-electron chi connectivity index (χ2n) is 5.13. The first-order chi connectivity index (χ1) is 8.21. The molecule has 2 nitrogen and oxygen atoms in total. The number of ether oxygens (including phenoxy) is 1. The van der Waals surface area contributed by atoms with E-state index in [-0.39, 0.29) is 11.6 Å². The summed E-state index contributed by atoms with van der Waals surface area (Å²) in [4.78, 5) is 0. The molecule has 0 spiro atoms. The molecule has 0 aliphatic carbocycles. The lowest BCUT2D eigenvalue weighted by molar-refractivity contribution is 0.0180. The second kappa shape index (κ2) is 5.09. The van der Waals surface area contributed by atoms with Gasteiger partial charge in [-0.05, 0) is 18.9 Å². The van der Waals surface area contributed by atoms with E-state index >= 15 is 0 Å². The van der Waals surface area contributed by atoms with Crippen LogP contribution in [0.2, 0.25) is 0 Å². The van der Waals surface area contributed by atoms with Crippen LogP contribution in [0.25, 0.3) is 0 Å². The zero-order valence-corrected chi connectivity index (χ0v) is 10.9. The fourth-order valence-corrected chi connectivity index (χ4v) is 3.01. The zero-order valence-electron chi connectivity index (χ0n) is 10.9. The summed E-state index contributed by atoms with van der Waals surface area (Å²) >= 11 is 0. The standard InChI is InChI=1S/C15H23NO/c1-3-9-15(10-4-2)11-13(16)12-7-5-6-8-14(12)17-15/h5-8,13H,3-4,9-11,16H2,1-2H3/t13-/m1/s1. The maximum absolute atomic E-state index is 6.30. The van der Waals surface area contributed by atoms with Crippen molar-refractivity contribution < 1.29 is 4.74 Å². The smallest absolute Gasteiger partial charge is 0.124 e. The van der Waals surface area contributed by atoms with Crippen LogP contribution < -0.4 is 10.5 Å². The lowest BCUT2D eigenvalue weighted by Crippen LogP contribution is -2.42. The van der Waals surface area contributed by atoms with E-state index in [1.165, 1.54) is 0 Å². The topological polar surface area (TPSA) is 35.2 Å². The van der Waals surface area contributed by atoms with Gasteiger partial charge in [-0.2, -0.15) is 0 Å². The van der Waals surface area contributed by atoms with E-state index in [9.17, 15) is 0 Å². The van der Waals surface area contributed by atoms with Gasteiger partial charge in [0.2, 0.25) is 0 Å². The van der Waals surface area contributed by atoms with Gasteiger partial charge in [-0.25, -0.2) is 0 Å². The fourth-order valence-electron chi connectivity index (χ4n) is 3.01. The third kappa shape index (κ3) is 2.47. The molecule has 0 saturated carbocycles. The monoisotopic (exact) mass is 233 g/mol. The summed E-state index contributed by atoms with van der Waals surface area (Å²) in [6, 6.07) is 8.32. The van der Waals surface area contributed by atoms with Gasteiger partial charge in [-0.15, -0.1) is 0 Å².